The minimum Gasteiger partial charge on any atom is -0.481 e. The number of hydrogen-bond donors (Lipinski definition) is 0. The molecule has 3 aromatic carbocycles. The van der Waals surface area contributed by atoms with Crippen molar-refractivity contribution < 1.29 is 18.7 Å². The summed E-state index contributed by atoms with van der Waals surface area (Å²) in [6.07, 6.45) is 0.802. The highest BCUT2D eigenvalue weighted by Crippen LogP contribution is 2.38. The molecular formula is C25H20ClFN2O3. The molecule has 0 aromatic heterocycles. The van der Waals surface area contributed by atoms with Gasteiger partial charge in [0.25, 0.3) is 5.91 Å². The molecule has 1 atom stereocenters. The van der Waals surface area contributed by atoms with Crippen LogP contribution in [0.3, 0.4) is 0 Å². The summed E-state index contributed by atoms with van der Waals surface area (Å²) in [6, 6.07) is 18.7. The van der Waals surface area contributed by atoms with Crippen molar-refractivity contribution in [2.75, 3.05) is 20.7 Å². The monoisotopic (exact) mass is 450 g/mol. The van der Waals surface area contributed by atoms with Crippen LogP contribution in [0.25, 0.3) is 11.1 Å². The molecule has 0 fully saturated rings. The Labute approximate surface area is 190 Å². The third-order valence-corrected chi connectivity index (χ3v) is 5.32. The Kier molecular flexibility index (Phi) is 7.24. The Morgan fingerprint density at radius 1 is 1.16 bits per heavy atom. The van der Waals surface area contributed by atoms with E-state index in [9.17, 15) is 14.9 Å². The zero-order chi connectivity index (χ0) is 23.3. The van der Waals surface area contributed by atoms with Crippen molar-refractivity contribution in [1.29, 1.82) is 5.26 Å². The van der Waals surface area contributed by atoms with Crippen molar-refractivity contribution in [3.05, 3.63) is 88.2 Å². The molecular weight excluding hydrogens is 431 g/mol. The van der Waals surface area contributed by atoms with Gasteiger partial charge in [0.15, 0.2) is 18.2 Å². The lowest BCUT2D eigenvalue weighted by atomic mass is 9.89. The van der Waals surface area contributed by atoms with Crippen molar-refractivity contribution >= 4 is 23.8 Å². The molecule has 0 saturated heterocycles. The van der Waals surface area contributed by atoms with Gasteiger partial charge >= 0.3 is 0 Å². The Morgan fingerprint density at radius 2 is 1.88 bits per heavy atom. The van der Waals surface area contributed by atoms with E-state index in [1.54, 1.807) is 32.3 Å². The summed E-state index contributed by atoms with van der Waals surface area (Å²) in [4.78, 5) is 25.0. The van der Waals surface area contributed by atoms with Crippen LogP contribution in [-0.4, -0.2) is 37.8 Å². The standard InChI is InChI=1S/C25H20ClFN2O3/c1-29(2)23(31)15-32-22-11-9-18(13-28)24(25(22)27)19-12-17(8-10-21(19)26)20(14-30)16-6-4-3-5-7-16/h3-12,14,20H,15H2,1-2H3. The molecule has 0 spiro atoms. The number of benzene rings is 3. The van der Waals surface area contributed by atoms with Gasteiger partial charge in [-0.2, -0.15) is 5.26 Å². The molecule has 0 aliphatic rings. The molecule has 1 unspecified atom stereocenters. The first-order valence-electron chi connectivity index (χ1n) is 9.73. The first kappa shape index (κ1) is 23.0. The van der Waals surface area contributed by atoms with Crippen molar-refractivity contribution in [2.45, 2.75) is 5.92 Å². The van der Waals surface area contributed by atoms with Crippen LogP contribution < -0.4 is 4.74 Å². The SMILES string of the molecule is CN(C)C(=O)COc1ccc(C#N)c(-c2cc(C(C=O)c3ccccc3)ccc2Cl)c1F. The molecule has 162 valence electrons. The third kappa shape index (κ3) is 4.79. The summed E-state index contributed by atoms with van der Waals surface area (Å²) in [5, 5.41) is 9.77. The number of ether oxygens (including phenoxy) is 1. The molecule has 0 N–H and O–H groups in total. The summed E-state index contributed by atoms with van der Waals surface area (Å²) in [5.41, 5.74) is 1.63. The maximum atomic E-state index is 15.4. The zero-order valence-corrected chi connectivity index (χ0v) is 18.3. The number of rotatable bonds is 7. The fourth-order valence-corrected chi connectivity index (χ4v) is 3.44. The number of likely N-dealkylation sites (N-methyl/N-ethyl adjacent to an activating group) is 1. The average molecular weight is 451 g/mol. The first-order chi connectivity index (χ1) is 15.4. The van der Waals surface area contributed by atoms with Crippen molar-refractivity contribution in [3.8, 4) is 22.9 Å². The van der Waals surface area contributed by atoms with E-state index in [4.69, 9.17) is 16.3 Å². The van der Waals surface area contributed by atoms with Crippen LogP contribution in [0.1, 0.15) is 22.6 Å². The van der Waals surface area contributed by atoms with Crippen molar-refractivity contribution in [1.82, 2.24) is 4.90 Å². The van der Waals surface area contributed by atoms with E-state index in [0.717, 1.165) is 11.8 Å². The fourth-order valence-electron chi connectivity index (χ4n) is 3.23. The predicted octanol–water partition coefficient (Wildman–Crippen LogP) is 4.82. The quantitative estimate of drug-likeness (QED) is 0.484. The summed E-state index contributed by atoms with van der Waals surface area (Å²) in [7, 11) is 3.13. The van der Waals surface area contributed by atoms with Gasteiger partial charge in [-0.15, -0.1) is 0 Å². The molecule has 0 bridgehead atoms. The van der Waals surface area contributed by atoms with Gasteiger partial charge in [0, 0.05) is 30.2 Å². The lowest BCUT2D eigenvalue weighted by Gasteiger charge is -2.17. The number of halogens is 2. The molecule has 1 amide bonds. The predicted molar refractivity (Wildman–Crippen MR) is 120 cm³/mol. The lowest BCUT2D eigenvalue weighted by molar-refractivity contribution is -0.130. The minimum absolute atomic E-state index is 0.0492. The maximum Gasteiger partial charge on any atom is 0.259 e. The highest BCUT2D eigenvalue weighted by Gasteiger charge is 2.22. The minimum atomic E-state index is -0.808. The largest absolute Gasteiger partial charge is 0.481 e. The van der Waals surface area contributed by atoms with Crippen LogP contribution in [0, 0.1) is 17.1 Å². The number of nitriles is 1. The molecule has 0 aliphatic heterocycles. The van der Waals surface area contributed by atoms with Crippen LogP contribution in [0.2, 0.25) is 5.02 Å². The molecule has 32 heavy (non-hydrogen) atoms. The van der Waals surface area contributed by atoms with Crippen molar-refractivity contribution in [2.24, 2.45) is 0 Å². The lowest BCUT2D eigenvalue weighted by Crippen LogP contribution is -2.27. The first-order valence-corrected chi connectivity index (χ1v) is 10.1. The number of aldehydes is 1. The second-order valence-corrected chi connectivity index (χ2v) is 7.66. The Bertz CT molecular complexity index is 1190. The van der Waals surface area contributed by atoms with Gasteiger partial charge in [0.1, 0.15) is 6.29 Å². The Hall–Kier alpha value is -3.69. The number of nitrogens with zero attached hydrogens (tertiary/aromatic N) is 2. The second kappa shape index (κ2) is 10.1. The number of carbonyl (C=O) groups excluding carboxylic acids is 2. The molecule has 0 aliphatic carbocycles. The summed E-state index contributed by atoms with van der Waals surface area (Å²) in [6.45, 7) is -0.357. The maximum absolute atomic E-state index is 15.4. The fraction of sp³-hybridized carbons (Fsp3) is 0.160. The van der Waals surface area contributed by atoms with Gasteiger partial charge in [-0.3, -0.25) is 4.79 Å². The van der Waals surface area contributed by atoms with E-state index in [1.807, 2.05) is 36.4 Å². The van der Waals surface area contributed by atoms with Crippen molar-refractivity contribution in [3.63, 3.8) is 0 Å². The van der Waals surface area contributed by atoms with Crippen LogP contribution in [0.15, 0.2) is 60.7 Å². The molecule has 0 heterocycles. The summed E-state index contributed by atoms with van der Waals surface area (Å²) in [5.74, 6) is -1.91. The summed E-state index contributed by atoms with van der Waals surface area (Å²) < 4.78 is 20.8. The van der Waals surface area contributed by atoms with E-state index >= 15 is 4.39 Å². The van der Waals surface area contributed by atoms with Crippen LogP contribution in [0.5, 0.6) is 5.75 Å². The van der Waals surface area contributed by atoms with Gasteiger partial charge in [-0.05, 0) is 35.4 Å². The van der Waals surface area contributed by atoms with Crippen LogP contribution in [-0.2, 0) is 9.59 Å². The highest BCUT2D eigenvalue weighted by molar-refractivity contribution is 6.33. The third-order valence-electron chi connectivity index (χ3n) is 4.99. The molecule has 3 aromatic rings. The van der Waals surface area contributed by atoms with Crippen LogP contribution >= 0.6 is 11.6 Å². The smallest absolute Gasteiger partial charge is 0.259 e. The summed E-state index contributed by atoms with van der Waals surface area (Å²) >= 11 is 6.38. The normalized spacial score (nSPS) is 11.3. The van der Waals surface area contributed by atoms with Gasteiger partial charge < -0.3 is 14.4 Å². The van der Waals surface area contributed by atoms with E-state index in [0.29, 0.717) is 5.56 Å². The molecule has 5 nitrogen and oxygen atoms in total. The second-order valence-electron chi connectivity index (χ2n) is 7.25. The van der Waals surface area contributed by atoms with Gasteiger partial charge in [0.2, 0.25) is 0 Å². The van der Waals surface area contributed by atoms with E-state index in [1.165, 1.54) is 17.0 Å². The molecule has 0 saturated carbocycles. The van der Waals surface area contributed by atoms with Crippen LogP contribution in [0.4, 0.5) is 4.39 Å². The van der Waals surface area contributed by atoms with E-state index in [2.05, 4.69) is 0 Å². The number of hydrogen-bond acceptors (Lipinski definition) is 4. The Balaban J connectivity index is 2.09. The van der Waals surface area contributed by atoms with Gasteiger partial charge in [-0.1, -0.05) is 48.0 Å². The topological polar surface area (TPSA) is 70.4 Å². The van der Waals surface area contributed by atoms with E-state index in [-0.39, 0.29) is 40.0 Å². The van der Waals surface area contributed by atoms with Gasteiger partial charge in [0.05, 0.1) is 17.6 Å². The number of carbonyl (C=O) groups is 2. The molecule has 0 radical (unpaired) electrons. The average Bonchev–Trinajstić information content (AvgIpc) is 2.80. The van der Waals surface area contributed by atoms with E-state index < -0.39 is 11.7 Å². The van der Waals surface area contributed by atoms with Gasteiger partial charge in [-0.25, -0.2) is 4.39 Å². The molecule has 3 rings (SSSR count). The Morgan fingerprint density at radius 3 is 2.50 bits per heavy atom. The highest BCUT2D eigenvalue weighted by atomic mass is 35.5. The number of amides is 1. The zero-order valence-electron chi connectivity index (χ0n) is 17.5. The molecule has 7 heteroatoms.